The monoisotopic (exact) mass is 235 g/mol. The number of hydrogen-bond acceptors (Lipinski definition) is 2. The summed E-state index contributed by atoms with van der Waals surface area (Å²) in [4.78, 5) is 0. The topological polar surface area (TPSA) is 21.3 Å². The fraction of sp³-hybridized carbons (Fsp3) is 0.600. The second-order valence-corrected chi connectivity index (χ2v) is 4.56. The standard InChI is InChI=1S/C15H25NO/c1-5-13-7-9-14(10-8-13)15(16-3)11-6-12(2)17-4/h7-10,12,15-16H,5-6,11H2,1-4H3. The van der Waals surface area contributed by atoms with Crippen LogP contribution in [0, 0.1) is 0 Å². The summed E-state index contributed by atoms with van der Waals surface area (Å²) in [7, 11) is 3.80. The fourth-order valence-electron chi connectivity index (χ4n) is 1.98. The maximum Gasteiger partial charge on any atom is 0.0543 e. The molecule has 0 aliphatic heterocycles. The van der Waals surface area contributed by atoms with E-state index in [1.165, 1.54) is 11.1 Å². The van der Waals surface area contributed by atoms with Crippen molar-refractivity contribution in [2.75, 3.05) is 14.2 Å². The van der Waals surface area contributed by atoms with Crippen LogP contribution in [-0.2, 0) is 11.2 Å². The minimum atomic E-state index is 0.334. The summed E-state index contributed by atoms with van der Waals surface area (Å²) in [5, 5.41) is 3.38. The van der Waals surface area contributed by atoms with E-state index in [1.54, 1.807) is 7.11 Å². The number of rotatable bonds is 7. The van der Waals surface area contributed by atoms with Gasteiger partial charge in [0.1, 0.15) is 0 Å². The van der Waals surface area contributed by atoms with Gasteiger partial charge in [-0.05, 0) is 44.4 Å². The van der Waals surface area contributed by atoms with Crippen LogP contribution in [0.15, 0.2) is 24.3 Å². The van der Waals surface area contributed by atoms with Crippen molar-refractivity contribution in [3.63, 3.8) is 0 Å². The third-order valence-electron chi connectivity index (χ3n) is 3.40. The van der Waals surface area contributed by atoms with E-state index in [2.05, 4.69) is 43.4 Å². The van der Waals surface area contributed by atoms with Gasteiger partial charge in [0.05, 0.1) is 6.10 Å². The molecule has 0 saturated carbocycles. The van der Waals surface area contributed by atoms with E-state index in [0.29, 0.717) is 12.1 Å². The lowest BCUT2D eigenvalue weighted by Gasteiger charge is -2.19. The van der Waals surface area contributed by atoms with Crippen molar-refractivity contribution in [2.45, 2.75) is 45.3 Å². The molecule has 0 aliphatic carbocycles. The highest BCUT2D eigenvalue weighted by Gasteiger charge is 2.10. The number of nitrogens with one attached hydrogen (secondary N) is 1. The van der Waals surface area contributed by atoms with Gasteiger partial charge in [-0.25, -0.2) is 0 Å². The molecule has 2 nitrogen and oxygen atoms in total. The molecule has 0 aliphatic rings. The lowest BCUT2D eigenvalue weighted by molar-refractivity contribution is 0.106. The SMILES string of the molecule is CCc1ccc(C(CCC(C)OC)NC)cc1. The number of methoxy groups -OCH3 is 1. The van der Waals surface area contributed by atoms with E-state index in [0.717, 1.165) is 19.3 Å². The molecule has 2 atom stereocenters. The molecule has 96 valence electrons. The molecule has 2 unspecified atom stereocenters. The maximum atomic E-state index is 5.29. The molecule has 0 saturated heterocycles. The Morgan fingerprint density at radius 3 is 2.29 bits per heavy atom. The van der Waals surface area contributed by atoms with Crippen molar-refractivity contribution in [1.82, 2.24) is 5.32 Å². The summed E-state index contributed by atoms with van der Waals surface area (Å²) >= 11 is 0. The Bertz CT molecular complexity index is 307. The van der Waals surface area contributed by atoms with Gasteiger partial charge in [0.15, 0.2) is 0 Å². The third kappa shape index (κ3) is 4.49. The van der Waals surface area contributed by atoms with Crippen molar-refractivity contribution in [3.8, 4) is 0 Å². The zero-order valence-corrected chi connectivity index (χ0v) is 11.5. The summed E-state index contributed by atoms with van der Waals surface area (Å²) in [5.74, 6) is 0. The van der Waals surface area contributed by atoms with E-state index in [4.69, 9.17) is 4.74 Å². The van der Waals surface area contributed by atoms with Crippen LogP contribution in [0.1, 0.15) is 43.9 Å². The maximum absolute atomic E-state index is 5.29. The molecule has 0 aromatic heterocycles. The van der Waals surface area contributed by atoms with Crippen LogP contribution in [0.5, 0.6) is 0 Å². The lowest BCUT2D eigenvalue weighted by Crippen LogP contribution is -2.18. The minimum Gasteiger partial charge on any atom is -0.382 e. The molecule has 17 heavy (non-hydrogen) atoms. The molecule has 1 aromatic rings. The van der Waals surface area contributed by atoms with Crippen molar-refractivity contribution in [1.29, 1.82) is 0 Å². The second-order valence-electron chi connectivity index (χ2n) is 4.56. The molecular weight excluding hydrogens is 210 g/mol. The lowest BCUT2D eigenvalue weighted by atomic mass is 9.99. The average Bonchev–Trinajstić information content (AvgIpc) is 2.39. The highest BCUT2D eigenvalue weighted by atomic mass is 16.5. The Morgan fingerprint density at radius 2 is 1.82 bits per heavy atom. The molecule has 0 radical (unpaired) electrons. The number of benzene rings is 1. The van der Waals surface area contributed by atoms with Gasteiger partial charge in [-0.15, -0.1) is 0 Å². The smallest absolute Gasteiger partial charge is 0.0543 e. The normalized spacial score (nSPS) is 14.6. The summed E-state index contributed by atoms with van der Waals surface area (Å²) in [5.41, 5.74) is 2.77. The van der Waals surface area contributed by atoms with Gasteiger partial charge in [0.25, 0.3) is 0 Å². The van der Waals surface area contributed by atoms with Gasteiger partial charge < -0.3 is 10.1 Å². The molecule has 0 heterocycles. The molecule has 0 bridgehead atoms. The quantitative estimate of drug-likeness (QED) is 0.782. The van der Waals surface area contributed by atoms with E-state index in [-0.39, 0.29) is 0 Å². The Labute approximate surface area is 105 Å². The highest BCUT2D eigenvalue weighted by molar-refractivity contribution is 5.25. The molecule has 1 aromatic carbocycles. The average molecular weight is 235 g/mol. The molecule has 1 N–H and O–H groups in total. The van der Waals surface area contributed by atoms with Gasteiger partial charge in [-0.1, -0.05) is 31.2 Å². The first kappa shape index (κ1) is 14.2. The van der Waals surface area contributed by atoms with E-state index in [9.17, 15) is 0 Å². The summed E-state index contributed by atoms with van der Waals surface area (Å²) in [6.45, 7) is 4.30. The predicted octanol–water partition coefficient (Wildman–Crippen LogP) is 3.32. The molecule has 0 amide bonds. The zero-order chi connectivity index (χ0) is 12.7. The number of hydrogen-bond donors (Lipinski definition) is 1. The van der Waals surface area contributed by atoms with Crippen molar-refractivity contribution in [2.24, 2.45) is 0 Å². The van der Waals surface area contributed by atoms with Crippen LogP contribution < -0.4 is 5.32 Å². The van der Waals surface area contributed by atoms with Crippen LogP contribution in [0.3, 0.4) is 0 Å². The summed E-state index contributed by atoms with van der Waals surface area (Å²) < 4.78 is 5.29. The van der Waals surface area contributed by atoms with Gasteiger partial charge in [-0.3, -0.25) is 0 Å². The van der Waals surface area contributed by atoms with Gasteiger partial charge in [-0.2, -0.15) is 0 Å². The molecule has 0 spiro atoms. The Balaban J connectivity index is 2.59. The first-order valence-electron chi connectivity index (χ1n) is 6.50. The van der Waals surface area contributed by atoms with Crippen molar-refractivity contribution < 1.29 is 4.74 Å². The Hall–Kier alpha value is -0.860. The third-order valence-corrected chi connectivity index (χ3v) is 3.40. The minimum absolute atomic E-state index is 0.334. The van der Waals surface area contributed by atoms with E-state index >= 15 is 0 Å². The van der Waals surface area contributed by atoms with Gasteiger partial charge in [0, 0.05) is 13.2 Å². The van der Waals surface area contributed by atoms with Crippen LogP contribution in [0.25, 0.3) is 0 Å². The van der Waals surface area contributed by atoms with Crippen LogP contribution in [0.4, 0.5) is 0 Å². The summed E-state index contributed by atoms with van der Waals surface area (Å²) in [6.07, 6.45) is 3.63. The fourth-order valence-corrected chi connectivity index (χ4v) is 1.98. The van der Waals surface area contributed by atoms with Gasteiger partial charge >= 0.3 is 0 Å². The van der Waals surface area contributed by atoms with Crippen molar-refractivity contribution >= 4 is 0 Å². The van der Waals surface area contributed by atoms with Crippen LogP contribution in [-0.4, -0.2) is 20.3 Å². The van der Waals surface area contributed by atoms with Crippen LogP contribution >= 0.6 is 0 Å². The molecule has 0 fully saturated rings. The zero-order valence-electron chi connectivity index (χ0n) is 11.5. The van der Waals surface area contributed by atoms with E-state index < -0.39 is 0 Å². The number of aryl methyl sites for hydroxylation is 1. The first-order valence-corrected chi connectivity index (χ1v) is 6.50. The first-order chi connectivity index (χ1) is 8.21. The van der Waals surface area contributed by atoms with Gasteiger partial charge in [0.2, 0.25) is 0 Å². The second kappa shape index (κ2) is 7.46. The Kier molecular flexibility index (Phi) is 6.23. The molecular formula is C15H25NO. The van der Waals surface area contributed by atoms with Crippen LogP contribution in [0.2, 0.25) is 0 Å². The largest absolute Gasteiger partial charge is 0.382 e. The number of ether oxygens (including phenoxy) is 1. The van der Waals surface area contributed by atoms with Crippen molar-refractivity contribution in [3.05, 3.63) is 35.4 Å². The molecule has 1 rings (SSSR count). The summed E-state index contributed by atoms with van der Waals surface area (Å²) in [6, 6.07) is 9.34. The predicted molar refractivity (Wildman–Crippen MR) is 73.3 cm³/mol. The molecule has 2 heteroatoms. The highest BCUT2D eigenvalue weighted by Crippen LogP contribution is 2.20. The van der Waals surface area contributed by atoms with E-state index in [1.807, 2.05) is 7.05 Å². The Morgan fingerprint density at radius 1 is 1.18 bits per heavy atom.